The first kappa shape index (κ1) is 10.1. The van der Waals surface area contributed by atoms with E-state index in [1.54, 1.807) is 0 Å². The number of hydrogen-bond acceptors (Lipinski definition) is 3. The van der Waals surface area contributed by atoms with Crippen LogP contribution >= 0.6 is 0 Å². The maximum absolute atomic E-state index is 10.7. The van der Waals surface area contributed by atoms with Crippen molar-refractivity contribution in [2.45, 2.75) is 32.6 Å². The third-order valence-electron chi connectivity index (χ3n) is 1.30. The lowest BCUT2D eigenvalue weighted by Crippen LogP contribution is -2.05. The van der Waals surface area contributed by atoms with Crippen LogP contribution in [0.2, 0.25) is 0 Å². The molecule has 3 heteroatoms. The van der Waals surface area contributed by atoms with Gasteiger partial charge in [0.1, 0.15) is 6.61 Å². The zero-order chi connectivity index (χ0) is 8.53. The number of carbonyl (C=O) groups is 2. The van der Waals surface area contributed by atoms with Crippen LogP contribution in [-0.2, 0) is 14.3 Å². The van der Waals surface area contributed by atoms with Crippen LogP contribution in [0.3, 0.4) is 0 Å². The highest BCUT2D eigenvalue weighted by Crippen LogP contribution is 1.99. The van der Waals surface area contributed by atoms with Crippen molar-refractivity contribution in [1.29, 1.82) is 0 Å². The van der Waals surface area contributed by atoms with Crippen molar-refractivity contribution in [3.05, 3.63) is 0 Å². The highest BCUT2D eigenvalue weighted by atomic mass is 16.5. The Morgan fingerprint density at radius 2 is 2.18 bits per heavy atom. The molecule has 0 rings (SSSR count). The lowest BCUT2D eigenvalue weighted by Gasteiger charge is -1.98. The summed E-state index contributed by atoms with van der Waals surface area (Å²) in [6.45, 7) is 1.96. The molecule has 0 bridgehead atoms. The molecule has 64 valence electrons. The number of rotatable bonds is 6. The second-order valence-electron chi connectivity index (χ2n) is 2.31. The Bertz CT molecular complexity index is 121. The number of ether oxygens (including phenoxy) is 1. The zero-order valence-electron chi connectivity index (χ0n) is 6.84. The third-order valence-corrected chi connectivity index (χ3v) is 1.30. The van der Waals surface area contributed by atoms with E-state index in [1.165, 1.54) is 0 Å². The van der Waals surface area contributed by atoms with Gasteiger partial charge in [-0.15, -0.1) is 0 Å². The molecule has 0 aromatic heterocycles. The van der Waals surface area contributed by atoms with Crippen LogP contribution < -0.4 is 0 Å². The molecule has 0 heterocycles. The monoisotopic (exact) mass is 158 g/mol. The van der Waals surface area contributed by atoms with Crippen molar-refractivity contribution in [3.63, 3.8) is 0 Å². The molecule has 0 fully saturated rings. The van der Waals surface area contributed by atoms with E-state index in [-0.39, 0.29) is 12.6 Å². The molecular formula is C8H14O3. The summed E-state index contributed by atoms with van der Waals surface area (Å²) in [5.74, 6) is -0.273. The molecule has 0 amide bonds. The molecule has 0 aromatic carbocycles. The molecule has 0 unspecified atom stereocenters. The maximum atomic E-state index is 10.7. The number of hydrogen-bond donors (Lipinski definition) is 0. The van der Waals surface area contributed by atoms with Crippen LogP contribution in [0.25, 0.3) is 0 Å². The van der Waals surface area contributed by atoms with Crippen LogP contribution in [-0.4, -0.2) is 18.9 Å². The van der Waals surface area contributed by atoms with Gasteiger partial charge in [-0.3, -0.25) is 9.59 Å². The van der Waals surface area contributed by atoms with Crippen LogP contribution in [0.1, 0.15) is 32.6 Å². The Hall–Kier alpha value is -0.860. The van der Waals surface area contributed by atoms with Crippen LogP contribution in [0.15, 0.2) is 0 Å². The highest BCUT2D eigenvalue weighted by Gasteiger charge is 1.99. The first-order valence-electron chi connectivity index (χ1n) is 3.90. The Morgan fingerprint density at radius 3 is 2.73 bits per heavy atom. The fourth-order valence-corrected chi connectivity index (χ4v) is 0.718. The van der Waals surface area contributed by atoms with Gasteiger partial charge in [-0.1, -0.05) is 19.8 Å². The zero-order valence-corrected chi connectivity index (χ0v) is 6.84. The summed E-state index contributed by atoms with van der Waals surface area (Å²) in [5, 5.41) is 0. The fourth-order valence-electron chi connectivity index (χ4n) is 0.718. The standard InChI is InChI=1S/C8H14O3/c1-2-3-4-5-8(10)11-7-6-9/h6H,2-5,7H2,1H3. The van der Waals surface area contributed by atoms with Crippen LogP contribution in [0.5, 0.6) is 0 Å². The molecule has 0 saturated carbocycles. The number of unbranched alkanes of at least 4 members (excludes halogenated alkanes) is 2. The molecule has 0 spiro atoms. The Morgan fingerprint density at radius 1 is 1.45 bits per heavy atom. The van der Waals surface area contributed by atoms with E-state index in [1.807, 2.05) is 0 Å². The molecule has 11 heavy (non-hydrogen) atoms. The molecular weight excluding hydrogens is 144 g/mol. The van der Waals surface area contributed by atoms with Gasteiger partial charge in [0.25, 0.3) is 0 Å². The van der Waals surface area contributed by atoms with Gasteiger partial charge in [-0.2, -0.15) is 0 Å². The van der Waals surface area contributed by atoms with Crippen LogP contribution in [0.4, 0.5) is 0 Å². The van der Waals surface area contributed by atoms with Gasteiger partial charge in [0, 0.05) is 6.42 Å². The smallest absolute Gasteiger partial charge is 0.306 e. The predicted octanol–water partition coefficient (Wildman–Crippen LogP) is 1.31. The van der Waals surface area contributed by atoms with E-state index in [9.17, 15) is 9.59 Å². The number of carbonyl (C=O) groups excluding carboxylic acids is 2. The first-order chi connectivity index (χ1) is 5.31. The summed E-state index contributed by atoms with van der Waals surface area (Å²) in [4.78, 5) is 20.5. The van der Waals surface area contributed by atoms with Crippen molar-refractivity contribution >= 4 is 12.3 Å². The molecule has 0 atom stereocenters. The summed E-state index contributed by atoms with van der Waals surface area (Å²) in [6.07, 6.45) is 3.99. The molecule has 0 saturated heterocycles. The van der Waals surface area contributed by atoms with Gasteiger partial charge in [-0.05, 0) is 6.42 Å². The Balaban J connectivity index is 3.15. The van der Waals surface area contributed by atoms with Crippen molar-refractivity contribution in [2.24, 2.45) is 0 Å². The molecule has 0 aliphatic heterocycles. The first-order valence-corrected chi connectivity index (χ1v) is 3.90. The summed E-state index contributed by atoms with van der Waals surface area (Å²) in [5.41, 5.74) is 0. The van der Waals surface area contributed by atoms with Gasteiger partial charge < -0.3 is 4.74 Å². The topological polar surface area (TPSA) is 43.4 Å². The third kappa shape index (κ3) is 7.03. The summed E-state index contributed by atoms with van der Waals surface area (Å²) < 4.78 is 4.53. The summed E-state index contributed by atoms with van der Waals surface area (Å²) >= 11 is 0. The molecule has 3 nitrogen and oxygen atoms in total. The molecule has 0 aliphatic rings. The molecule has 0 N–H and O–H groups in total. The second kappa shape index (κ2) is 7.25. The minimum absolute atomic E-state index is 0.106. The largest absolute Gasteiger partial charge is 0.458 e. The normalized spacial score (nSPS) is 9.18. The minimum atomic E-state index is -0.273. The van der Waals surface area contributed by atoms with Gasteiger partial charge in [0.15, 0.2) is 6.29 Å². The van der Waals surface area contributed by atoms with Gasteiger partial charge >= 0.3 is 5.97 Å². The lowest BCUT2D eigenvalue weighted by molar-refractivity contribution is -0.145. The van der Waals surface area contributed by atoms with Crippen molar-refractivity contribution in [2.75, 3.05) is 6.61 Å². The average molecular weight is 158 g/mol. The summed E-state index contributed by atoms with van der Waals surface area (Å²) in [6, 6.07) is 0. The highest BCUT2D eigenvalue weighted by molar-refractivity contribution is 5.71. The molecule has 0 radical (unpaired) electrons. The van der Waals surface area contributed by atoms with Gasteiger partial charge in [0.2, 0.25) is 0 Å². The SMILES string of the molecule is CCCCCC(=O)OCC=O. The second-order valence-corrected chi connectivity index (χ2v) is 2.31. The van der Waals surface area contributed by atoms with E-state index >= 15 is 0 Å². The van der Waals surface area contributed by atoms with E-state index in [0.717, 1.165) is 19.3 Å². The van der Waals surface area contributed by atoms with E-state index in [4.69, 9.17) is 0 Å². The van der Waals surface area contributed by atoms with E-state index in [2.05, 4.69) is 11.7 Å². The van der Waals surface area contributed by atoms with Crippen molar-refractivity contribution in [1.82, 2.24) is 0 Å². The quantitative estimate of drug-likeness (QED) is 0.332. The lowest BCUT2D eigenvalue weighted by atomic mass is 10.2. The Labute approximate surface area is 66.7 Å². The molecule has 0 aliphatic carbocycles. The summed E-state index contributed by atoms with van der Waals surface area (Å²) in [7, 11) is 0. The van der Waals surface area contributed by atoms with Crippen molar-refractivity contribution in [3.8, 4) is 0 Å². The maximum Gasteiger partial charge on any atom is 0.306 e. The predicted molar refractivity (Wildman–Crippen MR) is 41.2 cm³/mol. The average Bonchev–Trinajstić information content (AvgIpc) is 2.01. The van der Waals surface area contributed by atoms with Crippen LogP contribution in [0, 0.1) is 0 Å². The number of aldehydes is 1. The fraction of sp³-hybridized carbons (Fsp3) is 0.750. The van der Waals surface area contributed by atoms with E-state index < -0.39 is 0 Å². The minimum Gasteiger partial charge on any atom is -0.458 e. The Kier molecular flexibility index (Phi) is 6.68. The number of esters is 1. The molecule has 0 aromatic rings. The van der Waals surface area contributed by atoms with E-state index in [0.29, 0.717) is 12.7 Å². The van der Waals surface area contributed by atoms with Gasteiger partial charge in [-0.25, -0.2) is 0 Å². The van der Waals surface area contributed by atoms with Crippen molar-refractivity contribution < 1.29 is 14.3 Å². The van der Waals surface area contributed by atoms with Gasteiger partial charge in [0.05, 0.1) is 0 Å².